The zero-order chi connectivity index (χ0) is 30.6. The molecule has 3 rings (SSSR count). The first-order valence-electron chi connectivity index (χ1n) is 15.5. The van der Waals surface area contributed by atoms with E-state index in [0.29, 0.717) is 36.8 Å². The average molecular weight is 584 g/mol. The highest BCUT2D eigenvalue weighted by molar-refractivity contribution is 5.73. The molecule has 9 heteroatoms. The second kappa shape index (κ2) is 16.6. The van der Waals surface area contributed by atoms with E-state index in [4.69, 9.17) is 9.47 Å². The number of imidazole rings is 1. The van der Waals surface area contributed by atoms with E-state index in [9.17, 15) is 25.1 Å². The molecule has 9 nitrogen and oxygen atoms in total. The van der Waals surface area contributed by atoms with Gasteiger partial charge >= 0.3 is 11.9 Å². The fourth-order valence-corrected chi connectivity index (χ4v) is 6.73. The second-order valence-corrected chi connectivity index (χ2v) is 12.7. The van der Waals surface area contributed by atoms with Gasteiger partial charge in [-0.1, -0.05) is 46.3 Å². The monoisotopic (exact) mass is 583 g/mol. The molecule has 1 aliphatic carbocycles. The van der Waals surface area contributed by atoms with Crippen LogP contribution in [0.4, 0.5) is 0 Å². The molecule has 2 heterocycles. The van der Waals surface area contributed by atoms with Crippen molar-refractivity contribution < 1.29 is 29.3 Å². The summed E-state index contributed by atoms with van der Waals surface area (Å²) in [5.74, 6) is -0.888. The summed E-state index contributed by atoms with van der Waals surface area (Å²) >= 11 is 0. The minimum Gasteiger partial charge on any atom is -0.464 e. The summed E-state index contributed by atoms with van der Waals surface area (Å²) in [5.41, 5.74) is 0.297. The number of allylic oxidation sites excluding steroid dienone is 2. The molecule has 9 atom stereocenters. The summed E-state index contributed by atoms with van der Waals surface area (Å²) in [6.45, 7) is 8.96. The number of aromatic nitrogens is 2. The molecule has 1 fully saturated rings. The Balaban J connectivity index is 1.78. The number of aliphatic hydroxyl groups is 2. The molecule has 1 saturated carbocycles. The van der Waals surface area contributed by atoms with Crippen LogP contribution < -0.4 is 0 Å². The van der Waals surface area contributed by atoms with Gasteiger partial charge in [-0.3, -0.25) is 9.59 Å². The summed E-state index contributed by atoms with van der Waals surface area (Å²) < 4.78 is 13.4. The van der Waals surface area contributed by atoms with Crippen LogP contribution in [-0.2, 0) is 25.6 Å². The van der Waals surface area contributed by atoms with Crippen LogP contribution in [0.1, 0.15) is 79.1 Å². The first-order valence-corrected chi connectivity index (χ1v) is 15.5. The number of nitrogens with zero attached hydrogens (tertiary/aromatic N) is 3. The van der Waals surface area contributed by atoms with Gasteiger partial charge in [-0.25, -0.2) is 4.98 Å². The van der Waals surface area contributed by atoms with E-state index in [0.717, 1.165) is 32.1 Å². The Morgan fingerprint density at radius 1 is 1.14 bits per heavy atom. The number of hydrogen-bond acceptors (Lipinski definition) is 8. The zero-order valence-electron chi connectivity index (χ0n) is 25.6. The third-order valence-electron chi connectivity index (χ3n) is 8.94. The Labute approximate surface area is 250 Å². The van der Waals surface area contributed by atoms with E-state index in [1.54, 1.807) is 24.7 Å². The molecule has 2 aliphatic rings. The van der Waals surface area contributed by atoms with Crippen LogP contribution in [0.25, 0.3) is 0 Å². The van der Waals surface area contributed by atoms with Crippen LogP contribution >= 0.6 is 0 Å². The van der Waals surface area contributed by atoms with Crippen molar-refractivity contribution in [1.29, 1.82) is 5.26 Å². The Hall–Kier alpha value is -2.96. The van der Waals surface area contributed by atoms with E-state index >= 15 is 0 Å². The van der Waals surface area contributed by atoms with E-state index < -0.39 is 30.2 Å². The minimum atomic E-state index is -0.873. The number of carbonyl (C=O) groups excluding carboxylic acids is 2. The maximum atomic E-state index is 13.1. The van der Waals surface area contributed by atoms with Crippen molar-refractivity contribution in [3.63, 3.8) is 0 Å². The van der Waals surface area contributed by atoms with Gasteiger partial charge in [0.05, 0.1) is 49.1 Å². The molecule has 0 aromatic carbocycles. The molecule has 0 radical (unpaired) electrons. The largest absolute Gasteiger partial charge is 0.464 e. The van der Waals surface area contributed by atoms with Crippen LogP contribution in [-0.4, -0.2) is 56.6 Å². The molecular formula is C33H49N3O6. The second-order valence-electron chi connectivity index (χ2n) is 12.7. The fraction of sp³-hybridized carbons (Fsp3) is 0.697. The normalized spacial score (nSPS) is 36.0. The maximum absolute atomic E-state index is 13.1. The predicted molar refractivity (Wildman–Crippen MR) is 158 cm³/mol. The van der Waals surface area contributed by atoms with Gasteiger partial charge in [0.2, 0.25) is 0 Å². The standard InChI is InChI=1S/C33H49N3O6/c1-22-16-23(2)18-25(4)32(39)26(20-34)8-5-6-11-30(42-31(38)19-29(37)24(3)17-22)27-9-7-10-28(27)33(40)41-15-14-36-13-12-35-21-36/h5-6,8,12-13,21-25,27-30,32,37,39H,7,9-11,14-19H2,1-4H3/b6-5+,26-8-/t22-,23+,24-,25-,27+,28+,29-,30-,32+/m0/s1. The van der Waals surface area contributed by atoms with E-state index in [1.807, 2.05) is 30.7 Å². The van der Waals surface area contributed by atoms with Gasteiger partial charge in [0, 0.05) is 24.7 Å². The first kappa shape index (κ1) is 33.5. The van der Waals surface area contributed by atoms with Crippen LogP contribution in [0.2, 0.25) is 0 Å². The van der Waals surface area contributed by atoms with Crippen LogP contribution in [0, 0.1) is 46.8 Å². The Bertz CT molecular complexity index is 1090. The highest BCUT2D eigenvalue weighted by Gasteiger charge is 2.40. The molecule has 0 saturated heterocycles. The van der Waals surface area contributed by atoms with Gasteiger partial charge < -0.3 is 24.3 Å². The van der Waals surface area contributed by atoms with Gasteiger partial charge in [0.15, 0.2) is 0 Å². The molecule has 1 aromatic rings. The van der Waals surface area contributed by atoms with Crippen molar-refractivity contribution in [3.8, 4) is 6.07 Å². The topological polar surface area (TPSA) is 135 Å². The van der Waals surface area contributed by atoms with Crippen molar-refractivity contribution in [2.45, 2.75) is 104 Å². The van der Waals surface area contributed by atoms with E-state index in [2.05, 4.69) is 24.9 Å². The number of esters is 2. The van der Waals surface area contributed by atoms with Gasteiger partial charge in [0.25, 0.3) is 0 Å². The minimum absolute atomic E-state index is 0.0823. The number of aliphatic hydroxyl groups excluding tert-OH is 2. The van der Waals surface area contributed by atoms with Gasteiger partial charge in [-0.05, 0) is 61.9 Å². The van der Waals surface area contributed by atoms with Crippen LogP contribution in [0.3, 0.4) is 0 Å². The van der Waals surface area contributed by atoms with Crippen LogP contribution in [0.5, 0.6) is 0 Å². The molecule has 0 unspecified atom stereocenters. The summed E-state index contributed by atoms with van der Waals surface area (Å²) in [5, 5.41) is 31.5. The van der Waals surface area contributed by atoms with Gasteiger partial charge in [-0.2, -0.15) is 5.26 Å². The summed E-state index contributed by atoms with van der Waals surface area (Å²) in [4.78, 5) is 30.1. The molecule has 0 spiro atoms. The molecule has 1 aliphatic heterocycles. The molecule has 0 amide bonds. The maximum Gasteiger partial charge on any atom is 0.309 e. The zero-order valence-corrected chi connectivity index (χ0v) is 25.6. The lowest BCUT2D eigenvalue weighted by Gasteiger charge is -2.29. The Morgan fingerprint density at radius 3 is 2.57 bits per heavy atom. The smallest absolute Gasteiger partial charge is 0.309 e. The third-order valence-corrected chi connectivity index (χ3v) is 8.94. The quantitative estimate of drug-likeness (QED) is 0.463. The number of carbonyl (C=O) groups is 2. The predicted octanol–water partition coefficient (Wildman–Crippen LogP) is 4.99. The van der Waals surface area contributed by atoms with Crippen molar-refractivity contribution >= 4 is 11.9 Å². The number of ether oxygens (including phenoxy) is 2. The lowest BCUT2D eigenvalue weighted by atomic mass is 9.82. The third kappa shape index (κ3) is 10.1. The summed E-state index contributed by atoms with van der Waals surface area (Å²) in [7, 11) is 0. The summed E-state index contributed by atoms with van der Waals surface area (Å²) in [6.07, 6.45) is 12.9. The van der Waals surface area contributed by atoms with Gasteiger partial charge in [-0.15, -0.1) is 0 Å². The number of hydrogen-bond donors (Lipinski definition) is 2. The molecule has 0 bridgehead atoms. The average Bonchev–Trinajstić information content (AvgIpc) is 3.64. The van der Waals surface area contributed by atoms with Crippen LogP contribution in [0.15, 0.2) is 42.5 Å². The molecule has 2 N–H and O–H groups in total. The number of cyclic esters (lactones) is 1. The first-order chi connectivity index (χ1) is 20.1. The van der Waals surface area contributed by atoms with Crippen molar-refractivity contribution in [3.05, 3.63) is 42.5 Å². The fourth-order valence-electron chi connectivity index (χ4n) is 6.73. The Morgan fingerprint density at radius 2 is 1.88 bits per heavy atom. The number of nitriles is 1. The van der Waals surface area contributed by atoms with Gasteiger partial charge in [0.1, 0.15) is 12.7 Å². The highest BCUT2D eigenvalue weighted by Crippen LogP contribution is 2.38. The highest BCUT2D eigenvalue weighted by atomic mass is 16.5. The van der Waals surface area contributed by atoms with E-state index in [-0.39, 0.29) is 36.8 Å². The molecule has 232 valence electrons. The van der Waals surface area contributed by atoms with Crippen molar-refractivity contribution in [2.24, 2.45) is 35.5 Å². The molecule has 1 aromatic heterocycles. The van der Waals surface area contributed by atoms with E-state index in [1.165, 1.54) is 0 Å². The number of rotatable bonds is 5. The SMILES string of the molecule is C[C@@H]1C[C@H](C)C[C@H](C)[C@@H](O)CC(=O)O[C@H]([C@@H]2CCC[C@H]2C(=O)OCCn2ccnc2)C/C=C/C=C(/C#N)[C@H](O)[C@@H](C)C1. The lowest BCUT2D eigenvalue weighted by Crippen LogP contribution is -2.35. The molecular weight excluding hydrogens is 534 g/mol. The summed E-state index contributed by atoms with van der Waals surface area (Å²) in [6, 6.07) is 2.14. The lowest BCUT2D eigenvalue weighted by molar-refractivity contribution is -0.161. The molecule has 42 heavy (non-hydrogen) atoms. The van der Waals surface area contributed by atoms with Crippen molar-refractivity contribution in [1.82, 2.24) is 9.55 Å². The Kier molecular flexibility index (Phi) is 13.3. The van der Waals surface area contributed by atoms with Crippen molar-refractivity contribution in [2.75, 3.05) is 6.61 Å².